The van der Waals surface area contributed by atoms with Gasteiger partial charge in [-0.3, -0.25) is 4.90 Å². The second-order valence-electron chi connectivity index (χ2n) is 6.66. The molecule has 2 nitrogen and oxygen atoms in total. The van der Waals surface area contributed by atoms with Crippen LogP contribution in [0.4, 0.5) is 5.69 Å². The fourth-order valence-electron chi connectivity index (χ4n) is 3.37. The van der Waals surface area contributed by atoms with Crippen molar-refractivity contribution >= 4 is 5.69 Å². The van der Waals surface area contributed by atoms with E-state index < -0.39 is 0 Å². The third kappa shape index (κ3) is 2.79. The standard InChI is InChI=1S/C17H26N2/c1-12(2)9-10-19(15-5-6-15)17-8-3-13-11-14(18)4-7-16(13)17/h4,7,11-12,15,17H,3,5-6,8-10,18H2,1-2H3. The zero-order chi connectivity index (χ0) is 13.4. The van der Waals surface area contributed by atoms with E-state index in [1.165, 1.54) is 44.2 Å². The fraction of sp³-hybridized carbons (Fsp3) is 0.647. The van der Waals surface area contributed by atoms with Crippen LogP contribution < -0.4 is 5.73 Å². The number of nitrogen functional groups attached to an aromatic ring is 1. The maximum Gasteiger partial charge on any atom is 0.0356 e. The van der Waals surface area contributed by atoms with Crippen molar-refractivity contribution in [3.8, 4) is 0 Å². The average Bonchev–Trinajstić information content (AvgIpc) is 3.11. The number of nitrogens with two attached hydrogens (primary N) is 1. The SMILES string of the molecule is CC(C)CCN(C1CC1)C1CCc2cc(N)ccc21. The number of benzene rings is 1. The number of hydrogen-bond donors (Lipinski definition) is 1. The largest absolute Gasteiger partial charge is 0.399 e. The zero-order valence-corrected chi connectivity index (χ0v) is 12.2. The monoisotopic (exact) mass is 258 g/mol. The maximum atomic E-state index is 5.91. The van der Waals surface area contributed by atoms with Crippen LogP contribution in [0.25, 0.3) is 0 Å². The Morgan fingerprint density at radius 3 is 2.74 bits per heavy atom. The summed E-state index contributed by atoms with van der Waals surface area (Å²) in [5.41, 5.74) is 9.86. The molecule has 2 aliphatic carbocycles. The van der Waals surface area contributed by atoms with Gasteiger partial charge in [-0.2, -0.15) is 0 Å². The molecular formula is C17H26N2. The summed E-state index contributed by atoms with van der Waals surface area (Å²) in [6, 6.07) is 8.04. The highest BCUT2D eigenvalue weighted by molar-refractivity contribution is 5.47. The Kier molecular flexibility index (Phi) is 3.53. The molecule has 104 valence electrons. The Bertz CT molecular complexity index is 449. The topological polar surface area (TPSA) is 29.3 Å². The van der Waals surface area contributed by atoms with E-state index in [2.05, 4.69) is 36.9 Å². The summed E-state index contributed by atoms with van der Waals surface area (Å²) < 4.78 is 0. The second-order valence-corrected chi connectivity index (χ2v) is 6.66. The zero-order valence-electron chi connectivity index (χ0n) is 12.2. The van der Waals surface area contributed by atoms with Gasteiger partial charge in [0.05, 0.1) is 0 Å². The van der Waals surface area contributed by atoms with Gasteiger partial charge in [0, 0.05) is 17.8 Å². The summed E-state index contributed by atoms with van der Waals surface area (Å²) in [5, 5.41) is 0. The van der Waals surface area contributed by atoms with E-state index in [9.17, 15) is 0 Å². The molecule has 0 spiro atoms. The first-order valence-electron chi connectivity index (χ1n) is 7.79. The summed E-state index contributed by atoms with van der Waals surface area (Å²) in [7, 11) is 0. The van der Waals surface area contributed by atoms with Gasteiger partial charge in [0.25, 0.3) is 0 Å². The summed E-state index contributed by atoms with van der Waals surface area (Å²) in [5.74, 6) is 0.800. The van der Waals surface area contributed by atoms with Crippen molar-refractivity contribution in [3.63, 3.8) is 0 Å². The summed E-state index contributed by atoms with van der Waals surface area (Å²) in [6.07, 6.45) is 6.61. The van der Waals surface area contributed by atoms with E-state index in [-0.39, 0.29) is 0 Å². The van der Waals surface area contributed by atoms with E-state index in [0.29, 0.717) is 6.04 Å². The molecule has 0 saturated heterocycles. The Morgan fingerprint density at radius 2 is 2.05 bits per heavy atom. The van der Waals surface area contributed by atoms with Crippen LogP contribution in [-0.4, -0.2) is 17.5 Å². The van der Waals surface area contributed by atoms with Crippen LogP contribution in [0.3, 0.4) is 0 Å². The van der Waals surface area contributed by atoms with Gasteiger partial charge in [0.1, 0.15) is 0 Å². The Balaban J connectivity index is 1.77. The number of hydrogen-bond acceptors (Lipinski definition) is 2. The van der Waals surface area contributed by atoms with Crippen molar-refractivity contribution in [1.82, 2.24) is 4.90 Å². The van der Waals surface area contributed by atoms with Gasteiger partial charge in [0.2, 0.25) is 0 Å². The first-order valence-corrected chi connectivity index (χ1v) is 7.79. The molecule has 0 bridgehead atoms. The quantitative estimate of drug-likeness (QED) is 0.815. The van der Waals surface area contributed by atoms with E-state index in [4.69, 9.17) is 5.73 Å². The minimum atomic E-state index is 0.654. The molecule has 19 heavy (non-hydrogen) atoms. The van der Waals surface area contributed by atoms with Gasteiger partial charge in [0.15, 0.2) is 0 Å². The molecule has 3 rings (SSSR count). The lowest BCUT2D eigenvalue weighted by Gasteiger charge is -2.30. The highest BCUT2D eigenvalue weighted by atomic mass is 15.2. The smallest absolute Gasteiger partial charge is 0.0356 e. The van der Waals surface area contributed by atoms with E-state index in [1.54, 1.807) is 5.56 Å². The van der Waals surface area contributed by atoms with Gasteiger partial charge in [-0.15, -0.1) is 0 Å². The van der Waals surface area contributed by atoms with Crippen molar-refractivity contribution in [1.29, 1.82) is 0 Å². The van der Waals surface area contributed by atoms with Crippen LogP contribution in [0.2, 0.25) is 0 Å². The van der Waals surface area contributed by atoms with Crippen LogP contribution in [-0.2, 0) is 6.42 Å². The normalized spacial score (nSPS) is 22.2. The molecule has 2 heteroatoms. The highest BCUT2D eigenvalue weighted by Crippen LogP contribution is 2.42. The molecule has 1 aromatic rings. The van der Waals surface area contributed by atoms with Crippen molar-refractivity contribution < 1.29 is 0 Å². The Labute approximate surface area is 117 Å². The fourth-order valence-corrected chi connectivity index (χ4v) is 3.37. The van der Waals surface area contributed by atoms with Crippen LogP contribution in [0.1, 0.15) is 56.7 Å². The molecule has 0 radical (unpaired) electrons. The third-order valence-corrected chi connectivity index (χ3v) is 4.59. The lowest BCUT2D eigenvalue weighted by Crippen LogP contribution is -2.31. The molecule has 1 saturated carbocycles. The van der Waals surface area contributed by atoms with E-state index in [1.807, 2.05) is 0 Å². The number of rotatable bonds is 5. The number of anilines is 1. The van der Waals surface area contributed by atoms with E-state index in [0.717, 1.165) is 17.6 Å². The van der Waals surface area contributed by atoms with Crippen molar-refractivity contribution in [2.75, 3.05) is 12.3 Å². The Morgan fingerprint density at radius 1 is 1.26 bits per heavy atom. The molecular weight excluding hydrogens is 232 g/mol. The predicted octanol–water partition coefficient (Wildman–Crippen LogP) is 3.77. The van der Waals surface area contributed by atoms with Crippen LogP contribution in [0.5, 0.6) is 0 Å². The molecule has 1 aromatic carbocycles. The molecule has 1 atom stereocenters. The highest BCUT2D eigenvalue weighted by Gasteiger charge is 2.37. The molecule has 2 aliphatic rings. The molecule has 0 aliphatic heterocycles. The molecule has 0 amide bonds. The van der Waals surface area contributed by atoms with Crippen molar-refractivity contribution in [2.24, 2.45) is 5.92 Å². The van der Waals surface area contributed by atoms with Gasteiger partial charge in [-0.05, 0) is 67.8 Å². The van der Waals surface area contributed by atoms with Gasteiger partial charge in [-0.25, -0.2) is 0 Å². The van der Waals surface area contributed by atoms with Crippen LogP contribution >= 0.6 is 0 Å². The van der Waals surface area contributed by atoms with Gasteiger partial charge in [-0.1, -0.05) is 19.9 Å². The molecule has 1 unspecified atom stereocenters. The molecule has 0 heterocycles. The van der Waals surface area contributed by atoms with Gasteiger partial charge >= 0.3 is 0 Å². The first-order chi connectivity index (χ1) is 9.15. The summed E-state index contributed by atoms with van der Waals surface area (Å²) in [6.45, 7) is 5.92. The third-order valence-electron chi connectivity index (χ3n) is 4.59. The van der Waals surface area contributed by atoms with Gasteiger partial charge < -0.3 is 5.73 Å². The Hall–Kier alpha value is -1.02. The lowest BCUT2D eigenvalue weighted by molar-refractivity contribution is 0.176. The molecule has 0 aromatic heterocycles. The minimum absolute atomic E-state index is 0.654. The summed E-state index contributed by atoms with van der Waals surface area (Å²) in [4.78, 5) is 2.78. The minimum Gasteiger partial charge on any atom is -0.399 e. The summed E-state index contributed by atoms with van der Waals surface area (Å²) >= 11 is 0. The first kappa shape index (κ1) is 13.0. The average molecular weight is 258 g/mol. The van der Waals surface area contributed by atoms with Crippen molar-refractivity contribution in [3.05, 3.63) is 29.3 Å². The number of fused-ring (bicyclic) bond motifs is 1. The number of nitrogens with zero attached hydrogens (tertiary/aromatic N) is 1. The maximum absolute atomic E-state index is 5.91. The lowest BCUT2D eigenvalue weighted by atomic mass is 10.0. The predicted molar refractivity (Wildman–Crippen MR) is 81.1 cm³/mol. The van der Waals surface area contributed by atoms with E-state index >= 15 is 0 Å². The van der Waals surface area contributed by atoms with Crippen LogP contribution in [0.15, 0.2) is 18.2 Å². The second kappa shape index (κ2) is 5.16. The number of aryl methyl sites for hydroxylation is 1. The molecule has 1 fully saturated rings. The molecule has 2 N–H and O–H groups in total. The van der Waals surface area contributed by atoms with Crippen molar-refractivity contribution in [2.45, 2.75) is 58.0 Å². The van der Waals surface area contributed by atoms with Crippen LogP contribution in [0, 0.1) is 5.92 Å².